The van der Waals surface area contributed by atoms with Crippen LogP contribution < -0.4 is 0 Å². The second-order valence-corrected chi connectivity index (χ2v) is 4.21. The monoisotopic (exact) mass is 215 g/mol. The van der Waals surface area contributed by atoms with E-state index in [0.29, 0.717) is 6.42 Å². The highest BCUT2D eigenvalue weighted by Crippen LogP contribution is 2.23. The third-order valence-electron chi connectivity index (χ3n) is 3.13. The van der Waals surface area contributed by atoms with Crippen LogP contribution in [0.3, 0.4) is 0 Å². The Morgan fingerprint density at radius 1 is 1.31 bits per heavy atom. The van der Waals surface area contributed by atoms with E-state index in [4.69, 9.17) is 4.42 Å². The van der Waals surface area contributed by atoms with Crippen molar-refractivity contribution in [3.8, 4) is 0 Å². The lowest BCUT2D eigenvalue weighted by Crippen LogP contribution is -2.13. The third-order valence-corrected chi connectivity index (χ3v) is 3.13. The summed E-state index contributed by atoms with van der Waals surface area (Å²) in [6.07, 6.45) is 8.10. The first-order valence-corrected chi connectivity index (χ1v) is 5.57. The van der Waals surface area contributed by atoms with Crippen LogP contribution in [-0.2, 0) is 13.0 Å². The molecule has 0 unspecified atom stereocenters. The summed E-state index contributed by atoms with van der Waals surface area (Å²) in [6, 6.07) is 3.90. The summed E-state index contributed by atoms with van der Waals surface area (Å²) in [7, 11) is 0. The number of hydrogen-bond donors (Lipinski definition) is 0. The quantitative estimate of drug-likeness (QED) is 0.772. The topological polar surface area (TPSA) is 35.1 Å². The molecule has 0 N–H and O–H groups in total. The molecule has 0 atom stereocenters. The maximum Gasteiger partial charge on any atom is 0.164 e. The minimum absolute atomic E-state index is 0.284. The summed E-state index contributed by atoms with van der Waals surface area (Å²) in [6.45, 7) is 0.791. The second-order valence-electron chi connectivity index (χ2n) is 4.21. The highest BCUT2D eigenvalue weighted by molar-refractivity contribution is 5.98. The van der Waals surface area contributed by atoms with E-state index in [-0.39, 0.29) is 5.78 Å². The number of fused-ring (bicyclic) bond motifs is 1. The number of carbonyl (C=O) groups excluding carboxylic acids is 1. The van der Waals surface area contributed by atoms with Crippen molar-refractivity contribution in [2.75, 3.05) is 0 Å². The third kappa shape index (κ3) is 1.48. The zero-order chi connectivity index (χ0) is 11.0. The van der Waals surface area contributed by atoms with Crippen molar-refractivity contribution in [2.24, 2.45) is 0 Å². The van der Waals surface area contributed by atoms with E-state index in [2.05, 4.69) is 4.57 Å². The first kappa shape index (κ1) is 9.46. The molecule has 3 nitrogen and oxygen atoms in total. The Morgan fingerprint density at radius 2 is 2.25 bits per heavy atom. The Hall–Kier alpha value is -1.77. The molecule has 3 heteroatoms. The lowest BCUT2D eigenvalue weighted by atomic mass is 9.97. The fourth-order valence-electron chi connectivity index (χ4n) is 2.32. The molecule has 0 amide bonds. The van der Waals surface area contributed by atoms with Gasteiger partial charge in [0, 0.05) is 29.4 Å². The van der Waals surface area contributed by atoms with Gasteiger partial charge in [-0.25, -0.2) is 0 Å². The molecule has 3 rings (SSSR count). The summed E-state index contributed by atoms with van der Waals surface area (Å²) in [5, 5.41) is 0. The van der Waals surface area contributed by atoms with Crippen LogP contribution >= 0.6 is 0 Å². The number of Topliss-reactive ketones (excluding diaryl/α,β-unsaturated/α-hetero) is 1. The molecule has 0 aliphatic heterocycles. The fourth-order valence-corrected chi connectivity index (χ4v) is 2.32. The van der Waals surface area contributed by atoms with Crippen LogP contribution in [0.2, 0.25) is 0 Å². The normalized spacial score (nSPS) is 15.1. The molecule has 0 spiro atoms. The van der Waals surface area contributed by atoms with Crippen molar-refractivity contribution in [2.45, 2.75) is 25.8 Å². The molecule has 2 aromatic heterocycles. The minimum Gasteiger partial charge on any atom is -0.472 e. The first-order chi connectivity index (χ1) is 7.84. The maximum absolute atomic E-state index is 11.7. The van der Waals surface area contributed by atoms with Gasteiger partial charge in [0.25, 0.3) is 0 Å². The number of carbonyl (C=O) groups is 1. The molecular formula is C13H13NO2. The molecule has 16 heavy (non-hydrogen) atoms. The van der Waals surface area contributed by atoms with Gasteiger partial charge in [-0.1, -0.05) is 0 Å². The van der Waals surface area contributed by atoms with Crippen molar-refractivity contribution in [1.29, 1.82) is 0 Å². The molecule has 0 saturated carbocycles. The molecule has 2 aromatic rings. The molecular weight excluding hydrogens is 202 g/mol. The van der Waals surface area contributed by atoms with Crippen LogP contribution in [0.15, 0.2) is 35.3 Å². The lowest BCUT2D eigenvalue weighted by molar-refractivity contribution is 0.0972. The van der Waals surface area contributed by atoms with Crippen molar-refractivity contribution < 1.29 is 9.21 Å². The Bertz CT molecular complexity index is 508. The summed E-state index contributed by atoms with van der Waals surface area (Å²) in [5.41, 5.74) is 3.23. The largest absolute Gasteiger partial charge is 0.472 e. The average Bonchev–Trinajstić information content (AvgIpc) is 2.90. The maximum atomic E-state index is 11.7. The van der Waals surface area contributed by atoms with Crippen molar-refractivity contribution >= 4 is 5.78 Å². The summed E-state index contributed by atoms with van der Waals surface area (Å²) < 4.78 is 7.20. The number of ketones is 1. The SMILES string of the molecule is O=C1CCCc2c1ccn2Cc1ccoc1. The van der Waals surface area contributed by atoms with Gasteiger partial charge >= 0.3 is 0 Å². The smallest absolute Gasteiger partial charge is 0.164 e. The Morgan fingerprint density at radius 3 is 3.06 bits per heavy atom. The Kier molecular flexibility index (Phi) is 2.17. The van der Waals surface area contributed by atoms with Crippen LogP contribution in [0.4, 0.5) is 0 Å². The predicted molar refractivity (Wildman–Crippen MR) is 59.5 cm³/mol. The van der Waals surface area contributed by atoms with Crippen LogP contribution in [0.25, 0.3) is 0 Å². The zero-order valence-electron chi connectivity index (χ0n) is 8.98. The van der Waals surface area contributed by atoms with Gasteiger partial charge in [-0.05, 0) is 25.0 Å². The fraction of sp³-hybridized carbons (Fsp3) is 0.308. The highest BCUT2D eigenvalue weighted by Gasteiger charge is 2.20. The van der Waals surface area contributed by atoms with Gasteiger partial charge in [-0.15, -0.1) is 0 Å². The lowest BCUT2D eigenvalue weighted by Gasteiger charge is -2.14. The molecule has 1 aliphatic carbocycles. The van der Waals surface area contributed by atoms with Gasteiger partial charge in [-0.2, -0.15) is 0 Å². The number of rotatable bonds is 2. The van der Waals surface area contributed by atoms with Crippen molar-refractivity contribution in [3.63, 3.8) is 0 Å². The molecule has 0 bridgehead atoms. The molecule has 1 aliphatic rings. The standard InChI is InChI=1S/C13H13NO2/c15-13-3-1-2-12-11(13)4-6-14(12)8-10-5-7-16-9-10/h4-7,9H,1-3,8H2. The second kappa shape index (κ2) is 3.67. The average molecular weight is 215 g/mol. The van der Waals surface area contributed by atoms with E-state index in [9.17, 15) is 4.79 Å². The summed E-state index contributed by atoms with van der Waals surface area (Å²) in [4.78, 5) is 11.7. The number of hydrogen-bond acceptors (Lipinski definition) is 2. The van der Waals surface area contributed by atoms with Crippen molar-refractivity contribution in [1.82, 2.24) is 4.57 Å². The van der Waals surface area contributed by atoms with Crippen LogP contribution in [-0.4, -0.2) is 10.4 Å². The van der Waals surface area contributed by atoms with Gasteiger partial charge in [-0.3, -0.25) is 4.79 Å². The molecule has 2 heterocycles. The molecule has 82 valence electrons. The predicted octanol–water partition coefficient (Wildman–Crippen LogP) is 2.65. The van der Waals surface area contributed by atoms with E-state index in [1.807, 2.05) is 18.3 Å². The first-order valence-electron chi connectivity index (χ1n) is 5.57. The summed E-state index contributed by atoms with van der Waals surface area (Å²) in [5.74, 6) is 0.284. The van der Waals surface area contributed by atoms with Gasteiger partial charge in [0.2, 0.25) is 0 Å². The van der Waals surface area contributed by atoms with Gasteiger partial charge in [0.05, 0.1) is 19.1 Å². The molecule has 0 aromatic carbocycles. The van der Waals surface area contributed by atoms with Crippen molar-refractivity contribution in [3.05, 3.63) is 47.7 Å². The Balaban J connectivity index is 1.94. The van der Waals surface area contributed by atoms with Gasteiger partial charge in [0.1, 0.15) is 0 Å². The van der Waals surface area contributed by atoms with Crippen LogP contribution in [0.1, 0.15) is 34.5 Å². The number of aromatic nitrogens is 1. The van der Waals surface area contributed by atoms with E-state index in [0.717, 1.165) is 30.5 Å². The highest BCUT2D eigenvalue weighted by atomic mass is 16.3. The van der Waals surface area contributed by atoms with E-state index < -0.39 is 0 Å². The van der Waals surface area contributed by atoms with E-state index in [1.165, 1.54) is 5.69 Å². The zero-order valence-corrected chi connectivity index (χ0v) is 8.98. The number of nitrogens with zero attached hydrogens (tertiary/aromatic N) is 1. The van der Waals surface area contributed by atoms with E-state index in [1.54, 1.807) is 12.5 Å². The van der Waals surface area contributed by atoms with Crippen LogP contribution in [0.5, 0.6) is 0 Å². The molecule has 0 saturated heterocycles. The minimum atomic E-state index is 0.284. The summed E-state index contributed by atoms with van der Waals surface area (Å²) >= 11 is 0. The molecule has 0 fully saturated rings. The van der Waals surface area contributed by atoms with Crippen LogP contribution in [0, 0.1) is 0 Å². The number of furan rings is 1. The van der Waals surface area contributed by atoms with Gasteiger partial charge in [0.15, 0.2) is 5.78 Å². The molecule has 0 radical (unpaired) electrons. The van der Waals surface area contributed by atoms with E-state index >= 15 is 0 Å². The Labute approximate surface area is 93.7 Å². The van der Waals surface area contributed by atoms with Gasteiger partial charge < -0.3 is 8.98 Å².